The molecule has 202 valence electrons. The smallest absolute Gasteiger partial charge is 0.245 e. The van der Waals surface area contributed by atoms with E-state index in [0.29, 0.717) is 18.7 Å². The molecule has 0 saturated carbocycles. The fourth-order valence-electron chi connectivity index (χ4n) is 5.40. The van der Waals surface area contributed by atoms with E-state index in [1.165, 1.54) is 0 Å². The summed E-state index contributed by atoms with van der Waals surface area (Å²) < 4.78 is 5.21. The largest absolute Gasteiger partial charge is 0.497 e. The first kappa shape index (κ1) is 26.5. The number of methoxy groups -OCH3 is 1. The van der Waals surface area contributed by atoms with E-state index in [9.17, 15) is 9.59 Å². The van der Waals surface area contributed by atoms with Crippen molar-refractivity contribution in [2.75, 3.05) is 26.7 Å². The molecule has 2 aliphatic heterocycles. The van der Waals surface area contributed by atoms with Gasteiger partial charge in [0.05, 0.1) is 25.3 Å². The summed E-state index contributed by atoms with van der Waals surface area (Å²) in [6, 6.07) is 26.6. The highest BCUT2D eigenvalue weighted by Crippen LogP contribution is 2.31. The van der Waals surface area contributed by atoms with Crippen LogP contribution in [0, 0.1) is 0 Å². The van der Waals surface area contributed by atoms with Crippen LogP contribution in [0.25, 0.3) is 0 Å². The van der Waals surface area contributed by atoms with Gasteiger partial charge < -0.3 is 19.4 Å². The lowest BCUT2D eigenvalue weighted by molar-refractivity contribution is -0.144. The summed E-state index contributed by atoms with van der Waals surface area (Å²) >= 11 is 0. The maximum Gasteiger partial charge on any atom is 0.245 e. The molecule has 2 saturated heterocycles. The van der Waals surface area contributed by atoms with Gasteiger partial charge in [-0.15, -0.1) is 0 Å². The molecule has 0 spiro atoms. The Morgan fingerprint density at radius 2 is 1.49 bits per heavy atom. The van der Waals surface area contributed by atoms with Gasteiger partial charge in [0.2, 0.25) is 11.8 Å². The van der Waals surface area contributed by atoms with Crippen molar-refractivity contribution >= 4 is 17.5 Å². The Kier molecular flexibility index (Phi) is 8.56. The number of nitrogens with zero attached hydrogens (tertiary/aromatic N) is 3. The molecule has 1 unspecified atom stereocenters. The number of carbonyl (C=O) groups is 2. The highest BCUT2D eigenvalue weighted by Gasteiger charge is 2.42. The van der Waals surface area contributed by atoms with Gasteiger partial charge in [-0.05, 0) is 48.1 Å². The first-order valence-corrected chi connectivity index (χ1v) is 13.6. The van der Waals surface area contributed by atoms with E-state index in [-0.39, 0.29) is 18.4 Å². The summed E-state index contributed by atoms with van der Waals surface area (Å²) in [4.78, 5) is 37.4. The lowest BCUT2D eigenvalue weighted by atomic mass is 9.89. The van der Waals surface area contributed by atoms with E-state index >= 15 is 0 Å². The fraction of sp³-hybridized carbons (Fsp3) is 0.344. The zero-order chi connectivity index (χ0) is 27.0. The van der Waals surface area contributed by atoms with Gasteiger partial charge >= 0.3 is 0 Å². The molecule has 3 aromatic carbocycles. The van der Waals surface area contributed by atoms with Crippen LogP contribution in [0.5, 0.6) is 5.75 Å². The van der Waals surface area contributed by atoms with Crippen LogP contribution in [0.1, 0.15) is 48.3 Å². The van der Waals surface area contributed by atoms with Crippen molar-refractivity contribution in [2.24, 2.45) is 5.16 Å². The Balaban J connectivity index is 1.40. The predicted octanol–water partition coefficient (Wildman–Crippen LogP) is 5.01. The van der Waals surface area contributed by atoms with Crippen molar-refractivity contribution in [1.82, 2.24) is 9.80 Å². The third kappa shape index (κ3) is 6.30. The van der Waals surface area contributed by atoms with Crippen LogP contribution in [0.4, 0.5) is 0 Å². The molecule has 2 fully saturated rings. The molecular formula is C32H35N3O4. The second kappa shape index (κ2) is 12.6. The molecular weight excluding hydrogens is 490 g/mol. The number of benzene rings is 3. The average Bonchev–Trinajstić information content (AvgIpc) is 3.43. The topological polar surface area (TPSA) is 71.4 Å². The van der Waals surface area contributed by atoms with Crippen LogP contribution in [0.3, 0.4) is 0 Å². The van der Waals surface area contributed by atoms with Crippen LogP contribution in [0.2, 0.25) is 0 Å². The molecule has 7 heteroatoms. The van der Waals surface area contributed by atoms with Gasteiger partial charge in [0.25, 0.3) is 0 Å². The SMILES string of the molecule is COc1ccc(CON=C2CC(C(=O)N3CCCCC3)N(C(=O)C(c3ccccc3)c3ccccc3)C2)cc1. The summed E-state index contributed by atoms with van der Waals surface area (Å²) in [6.07, 6.45) is 3.50. The first-order chi connectivity index (χ1) is 19.1. The quantitative estimate of drug-likeness (QED) is 0.388. The average molecular weight is 526 g/mol. The third-order valence-electron chi connectivity index (χ3n) is 7.49. The molecule has 39 heavy (non-hydrogen) atoms. The second-order valence-corrected chi connectivity index (χ2v) is 10.1. The highest BCUT2D eigenvalue weighted by atomic mass is 16.6. The van der Waals surface area contributed by atoms with Crippen LogP contribution < -0.4 is 4.74 Å². The Morgan fingerprint density at radius 3 is 2.08 bits per heavy atom. The van der Waals surface area contributed by atoms with Crippen LogP contribution in [-0.4, -0.2) is 60.1 Å². The molecule has 7 nitrogen and oxygen atoms in total. The zero-order valence-corrected chi connectivity index (χ0v) is 22.4. The number of hydrogen-bond acceptors (Lipinski definition) is 5. The van der Waals surface area contributed by atoms with Crippen LogP contribution in [-0.2, 0) is 21.0 Å². The minimum atomic E-state index is -0.589. The third-order valence-corrected chi connectivity index (χ3v) is 7.49. The molecule has 0 aromatic heterocycles. The summed E-state index contributed by atoms with van der Waals surface area (Å²) in [7, 11) is 1.63. The van der Waals surface area contributed by atoms with Gasteiger partial charge in [-0.2, -0.15) is 0 Å². The van der Waals surface area contributed by atoms with Crippen LogP contribution in [0.15, 0.2) is 90.1 Å². The summed E-state index contributed by atoms with van der Waals surface area (Å²) in [6.45, 7) is 2.03. The number of oxime groups is 1. The summed E-state index contributed by atoms with van der Waals surface area (Å²) in [5.41, 5.74) is 3.46. The zero-order valence-electron chi connectivity index (χ0n) is 22.4. The van der Waals surface area contributed by atoms with Gasteiger partial charge in [-0.25, -0.2) is 0 Å². The molecule has 1 atom stereocenters. The molecule has 0 N–H and O–H groups in total. The summed E-state index contributed by atoms with van der Waals surface area (Å²) in [5.74, 6) is 0.176. The lowest BCUT2D eigenvalue weighted by Crippen LogP contribution is -2.50. The van der Waals surface area contributed by atoms with E-state index < -0.39 is 12.0 Å². The summed E-state index contributed by atoms with van der Waals surface area (Å²) in [5, 5.41) is 4.40. The Bertz CT molecular complexity index is 1230. The Hall–Kier alpha value is -4.13. The van der Waals surface area contributed by atoms with Crippen molar-refractivity contribution in [2.45, 2.75) is 44.2 Å². The van der Waals surface area contributed by atoms with Gasteiger partial charge in [0.1, 0.15) is 18.4 Å². The molecule has 2 heterocycles. The number of likely N-dealkylation sites (tertiary alicyclic amines) is 2. The van der Waals surface area contributed by atoms with Crippen molar-refractivity contribution in [1.29, 1.82) is 0 Å². The van der Waals surface area contributed by atoms with E-state index in [0.717, 1.165) is 54.8 Å². The van der Waals surface area contributed by atoms with Crippen molar-refractivity contribution < 1.29 is 19.2 Å². The van der Waals surface area contributed by atoms with Crippen LogP contribution >= 0.6 is 0 Å². The monoisotopic (exact) mass is 525 g/mol. The molecule has 0 bridgehead atoms. The Labute approximate surface area is 230 Å². The number of ether oxygens (including phenoxy) is 1. The normalized spacial score (nSPS) is 18.4. The molecule has 5 rings (SSSR count). The molecule has 3 aromatic rings. The van der Waals surface area contributed by atoms with E-state index in [2.05, 4.69) is 5.16 Å². The number of piperidine rings is 1. The van der Waals surface area contributed by atoms with Gasteiger partial charge in [-0.3, -0.25) is 9.59 Å². The maximum absolute atomic E-state index is 14.3. The number of carbonyl (C=O) groups excluding carboxylic acids is 2. The van der Waals surface area contributed by atoms with Crippen molar-refractivity contribution in [3.63, 3.8) is 0 Å². The van der Waals surface area contributed by atoms with E-state index in [4.69, 9.17) is 9.57 Å². The fourth-order valence-corrected chi connectivity index (χ4v) is 5.40. The van der Waals surface area contributed by atoms with Crippen molar-refractivity contribution in [3.8, 4) is 5.75 Å². The number of hydrogen-bond donors (Lipinski definition) is 0. The lowest BCUT2D eigenvalue weighted by Gasteiger charge is -2.33. The molecule has 2 aliphatic rings. The number of amides is 2. The van der Waals surface area contributed by atoms with Gasteiger partial charge in [-0.1, -0.05) is 78.0 Å². The predicted molar refractivity (Wildman–Crippen MR) is 150 cm³/mol. The molecule has 0 radical (unpaired) electrons. The number of rotatable bonds is 8. The minimum Gasteiger partial charge on any atom is -0.497 e. The standard InChI is InChI=1S/C32H35N3O4/c1-38-28-17-15-24(16-18-28)23-39-33-27-21-29(31(36)34-19-9-4-10-20-34)35(22-27)32(37)30(25-11-5-2-6-12-25)26-13-7-3-8-14-26/h2-3,5-8,11-18,29-30H,4,9-10,19-23H2,1H3. The first-order valence-electron chi connectivity index (χ1n) is 13.6. The highest BCUT2D eigenvalue weighted by molar-refractivity contribution is 6.02. The molecule has 0 aliphatic carbocycles. The Morgan fingerprint density at radius 1 is 0.872 bits per heavy atom. The minimum absolute atomic E-state index is 0.00303. The maximum atomic E-state index is 14.3. The second-order valence-electron chi connectivity index (χ2n) is 10.1. The van der Waals surface area contributed by atoms with Crippen molar-refractivity contribution in [3.05, 3.63) is 102 Å². The van der Waals surface area contributed by atoms with Gasteiger partial charge in [0, 0.05) is 19.5 Å². The van der Waals surface area contributed by atoms with E-state index in [1.54, 1.807) is 12.0 Å². The molecule has 2 amide bonds. The van der Waals surface area contributed by atoms with E-state index in [1.807, 2.05) is 89.8 Å². The van der Waals surface area contributed by atoms with Gasteiger partial charge in [0.15, 0.2) is 0 Å².